The molecule has 2 N–H and O–H groups in total. The summed E-state index contributed by atoms with van der Waals surface area (Å²) >= 11 is 0. The Labute approximate surface area is 230 Å². The highest BCUT2D eigenvalue weighted by atomic mass is 16.5. The highest BCUT2D eigenvalue weighted by molar-refractivity contribution is 5.91. The van der Waals surface area contributed by atoms with Crippen molar-refractivity contribution in [2.75, 3.05) is 0 Å². The van der Waals surface area contributed by atoms with Gasteiger partial charge in [0.1, 0.15) is 23.7 Å². The van der Waals surface area contributed by atoms with E-state index in [2.05, 4.69) is 90.9 Å². The first-order valence-electron chi connectivity index (χ1n) is 13.9. The summed E-state index contributed by atoms with van der Waals surface area (Å²) in [5.41, 5.74) is 4.09. The van der Waals surface area contributed by atoms with Gasteiger partial charge in [0.05, 0.1) is 0 Å². The lowest BCUT2D eigenvalue weighted by Crippen LogP contribution is -2.01. The summed E-state index contributed by atoms with van der Waals surface area (Å²) in [6.45, 7) is 17.5. The molecule has 4 nitrogen and oxygen atoms in total. The van der Waals surface area contributed by atoms with Gasteiger partial charge in [-0.2, -0.15) is 0 Å². The molecule has 38 heavy (non-hydrogen) atoms. The molecule has 2 unspecified atom stereocenters. The normalized spacial score (nSPS) is 11.9. The SMILES string of the molecule is CCC(C)C.CCC(C)c1ccc(COc2cc(C)c(O)c(C(=O)O)c2)cc1.CCC(C)c1ccccc1. The maximum absolute atomic E-state index is 11.1. The zero-order chi connectivity index (χ0) is 28.7. The van der Waals surface area contributed by atoms with Gasteiger partial charge in [0.15, 0.2) is 0 Å². The molecule has 0 amide bonds. The number of aryl methyl sites for hydroxylation is 1. The van der Waals surface area contributed by atoms with Crippen LogP contribution < -0.4 is 4.74 Å². The van der Waals surface area contributed by atoms with Crippen LogP contribution in [-0.2, 0) is 6.61 Å². The van der Waals surface area contributed by atoms with Crippen LogP contribution in [0.15, 0.2) is 66.7 Å². The van der Waals surface area contributed by atoms with Crippen LogP contribution >= 0.6 is 0 Å². The number of hydrogen-bond donors (Lipinski definition) is 2. The summed E-state index contributed by atoms with van der Waals surface area (Å²) in [5.74, 6) is 1.17. The van der Waals surface area contributed by atoms with Crippen molar-refractivity contribution >= 4 is 5.97 Å². The molecule has 2 atom stereocenters. The predicted octanol–water partition coefficient (Wildman–Crippen LogP) is 9.74. The minimum Gasteiger partial charge on any atom is -0.507 e. The van der Waals surface area contributed by atoms with Crippen molar-refractivity contribution in [3.63, 3.8) is 0 Å². The fraction of sp³-hybridized carbons (Fsp3) is 0.441. The number of ether oxygens (including phenoxy) is 1. The molecule has 4 heteroatoms. The van der Waals surface area contributed by atoms with E-state index < -0.39 is 5.97 Å². The lowest BCUT2D eigenvalue weighted by molar-refractivity contribution is 0.0693. The highest BCUT2D eigenvalue weighted by Crippen LogP contribution is 2.28. The first-order chi connectivity index (χ1) is 18.0. The van der Waals surface area contributed by atoms with Crippen LogP contribution in [0.5, 0.6) is 11.5 Å². The molecule has 0 heterocycles. The van der Waals surface area contributed by atoms with Crippen molar-refractivity contribution in [1.82, 2.24) is 0 Å². The number of aromatic carboxylic acids is 1. The van der Waals surface area contributed by atoms with Gasteiger partial charge >= 0.3 is 5.97 Å². The second-order valence-corrected chi connectivity index (χ2v) is 10.3. The minimum absolute atomic E-state index is 0.146. The van der Waals surface area contributed by atoms with E-state index in [9.17, 15) is 9.90 Å². The Morgan fingerprint density at radius 3 is 1.74 bits per heavy atom. The van der Waals surface area contributed by atoms with E-state index in [1.165, 1.54) is 30.0 Å². The molecule has 0 fully saturated rings. The molecule has 3 aromatic rings. The average molecular weight is 521 g/mol. The van der Waals surface area contributed by atoms with Crippen LogP contribution in [0.1, 0.15) is 112 Å². The summed E-state index contributed by atoms with van der Waals surface area (Å²) in [7, 11) is 0. The van der Waals surface area contributed by atoms with E-state index in [4.69, 9.17) is 9.84 Å². The van der Waals surface area contributed by atoms with Crippen molar-refractivity contribution in [3.05, 3.63) is 94.5 Å². The molecule has 208 valence electrons. The fourth-order valence-electron chi connectivity index (χ4n) is 3.35. The smallest absolute Gasteiger partial charge is 0.339 e. The lowest BCUT2D eigenvalue weighted by Gasteiger charge is -2.12. The molecule has 0 aliphatic heterocycles. The van der Waals surface area contributed by atoms with E-state index in [0.29, 0.717) is 29.8 Å². The van der Waals surface area contributed by atoms with Gasteiger partial charge in [-0.3, -0.25) is 0 Å². The number of carboxylic acids is 1. The van der Waals surface area contributed by atoms with Crippen molar-refractivity contribution in [1.29, 1.82) is 0 Å². The number of carbonyl (C=O) groups is 1. The molecule has 3 aromatic carbocycles. The summed E-state index contributed by atoms with van der Waals surface area (Å²) in [6.07, 6.45) is 3.63. The third-order valence-corrected chi connectivity index (χ3v) is 6.87. The van der Waals surface area contributed by atoms with Crippen LogP contribution in [0, 0.1) is 12.8 Å². The predicted molar refractivity (Wildman–Crippen MR) is 160 cm³/mol. The Balaban J connectivity index is 0.000000395. The summed E-state index contributed by atoms with van der Waals surface area (Å²) < 4.78 is 5.67. The average Bonchev–Trinajstić information content (AvgIpc) is 2.93. The van der Waals surface area contributed by atoms with Crippen LogP contribution in [0.3, 0.4) is 0 Å². The second kappa shape index (κ2) is 17.3. The molecule has 0 bridgehead atoms. The van der Waals surface area contributed by atoms with E-state index in [1.807, 2.05) is 12.1 Å². The van der Waals surface area contributed by atoms with Crippen molar-refractivity contribution in [2.45, 2.75) is 93.1 Å². The Hall–Kier alpha value is -3.27. The molecule has 0 aromatic heterocycles. The van der Waals surface area contributed by atoms with Gasteiger partial charge in [-0.05, 0) is 71.9 Å². The van der Waals surface area contributed by atoms with Crippen LogP contribution in [0.2, 0.25) is 0 Å². The third kappa shape index (κ3) is 11.4. The summed E-state index contributed by atoms with van der Waals surface area (Å²) in [5, 5.41) is 18.8. The molecule has 0 saturated carbocycles. The number of phenols is 1. The third-order valence-electron chi connectivity index (χ3n) is 6.87. The molecule has 0 aliphatic rings. The van der Waals surface area contributed by atoms with Crippen molar-refractivity contribution in [3.8, 4) is 11.5 Å². The number of carboxylic acid groups (broad SMARTS) is 1. The molecule has 0 spiro atoms. The Morgan fingerprint density at radius 2 is 1.29 bits per heavy atom. The first-order valence-corrected chi connectivity index (χ1v) is 13.9. The molecule has 0 saturated heterocycles. The largest absolute Gasteiger partial charge is 0.507 e. The maximum Gasteiger partial charge on any atom is 0.339 e. The Kier molecular flexibility index (Phi) is 14.9. The molecule has 0 aliphatic carbocycles. The monoisotopic (exact) mass is 520 g/mol. The van der Waals surface area contributed by atoms with Gasteiger partial charge in [0.2, 0.25) is 0 Å². The van der Waals surface area contributed by atoms with E-state index in [1.54, 1.807) is 13.0 Å². The molecular weight excluding hydrogens is 472 g/mol. The van der Waals surface area contributed by atoms with E-state index in [-0.39, 0.29) is 11.3 Å². The lowest BCUT2D eigenvalue weighted by atomic mass is 9.98. The quantitative estimate of drug-likeness (QED) is 0.295. The standard InChI is InChI=1S/C19H22O4.C10H14.C5H12/c1-4-12(2)15-7-5-14(6-8-15)11-23-16-9-13(3)18(20)17(10-16)19(21)22;1-3-9(2)10-7-5-4-6-8-10;1-4-5(2)3/h5-10,12,20H,4,11H2,1-3H3,(H,21,22);4-9H,3H2,1-2H3;5H,4H2,1-3H3. The van der Waals surface area contributed by atoms with Gasteiger partial charge in [-0.1, -0.05) is 109 Å². The topological polar surface area (TPSA) is 66.8 Å². The Morgan fingerprint density at radius 1 is 0.789 bits per heavy atom. The molecular formula is C34H48O4. The highest BCUT2D eigenvalue weighted by Gasteiger charge is 2.14. The van der Waals surface area contributed by atoms with Gasteiger partial charge in [-0.15, -0.1) is 0 Å². The number of aromatic hydroxyl groups is 1. The zero-order valence-electron chi connectivity index (χ0n) is 24.6. The van der Waals surface area contributed by atoms with Gasteiger partial charge in [-0.25, -0.2) is 4.79 Å². The van der Waals surface area contributed by atoms with E-state index >= 15 is 0 Å². The zero-order valence-corrected chi connectivity index (χ0v) is 24.6. The molecule has 3 rings (SSSR count). The first kappa shape index (κ1) is 32.8. The fourth-order valence-corrected chi connectivity index (χ4v) is 3.35. The number of hydrogen-bond acceptors (Lipinski definition) is 3. The second-order valence-electron chi connectivity index (χ2n) is 10.3. The van der Waals surface area contributed by atoms with Crippen LogP contribution in [-0.4, -0.2) is 16.2 Å². The van der Waals surface area contributed by atoms with Crippen LogP contribution in [0.25, 0.3) is 0 Å². The molecule has 0 radical (unpaired) electrons. The van der Waals surface area contributed by atoms with Crippen LogP contribution in [0.4, 0.5) is 0 Å². The van der Waals surface area contributed by atoms with E-state index in [0.717, 1.165) is 17.9 Å². The minimum atomic E-state index is -1.17. The van der Waals surface area contributed by atoms with Gasteiger partial charge in [0.25, 0.3) is 0 Å². The summed E-state index contributed by atoms with van der Waals surface area (Å²) in [6, 6.07) is 21.8. The maximum atomic E-state index is 11.1. The number of benzene rings is 3. The van der Waals surface area contributed by atoms with Crippen molar-refractivity contribution < 1.29 is 19.7 Å². The van der Waals surface area contributed by atoms with Crippen molar-refractivity contribution in [2.24, 2.45) is 5.92 Å². The van der Waals surface area contributed by atoms with Gasteiger partial charge < -0.3 is 14.9 Å². The summed E-state index contributed by atoms with van der Waals surface area (Å²) in [4.78, 5) is 11.1. The number of rotatable bonds is 9. The Bertz CT molecular complexity index is 1070. The van der Waals surface area contributed by atoms with Gasteiger partial charge in [0, 0.05) is 0 Å².